The molecule has 0 spiro atoms. The monoisotopic (exact) mass is 463 g/mol. The maximum atomic E-state index is 12.4. The van der Waals surface area contributed by atoms with E-state index in [4.69, 9.17) is 9.26 Å². The Balaban J connectivity index is 1.65. The Morgan fingerprint density at radius 2 is 1.88 bits per heavy atom. The summed E-state index contributed by atoms with van der Waals surface area (Å²) in [6.07, 6.45) is 6.41. The molecule has 1 unspecified atom stereocenters. The van der Waals surface area contributed by atoms with E-state index < -0.39 is 27.7 Å². The van der Waals surface area contributed by atoms with Crippen molar-refractivity contribution in [2.24, 2.45) is 0 Å². The van der Waals surface area contributed by atoms with Crippen molar-refractivity contribution < 1.29 is 27.3 Å². The Labute approximate surface area is 188 Å². The molecule has 1 amide bonds. The Bertz CT molecular complexity index is 1030. The van der Waals surface area contributed by atoms with Gasteiger partial charge in [0, 0.05) is 5.92 Å². The standard InChI is InChI=1S/C22H29N3O6S/c1-3-7-16(14-19(26)30-17-8-5-4-6-9-17)22-23-20(24-31-22)21(27)25-32(28,29)18-12-10-15(2)11-13-18/h10-13,16-17H,3-9,14H2,1-2H3,(H,25,27). The number of benzene rings is 1. The number of aryl methyl sites for hydroxylation is 1. The molecule has 1 atom stereocenters. The SMILES string of the molecule is CCCC(CC(=O)OC1CCCCC1)c1nc(C(=O)NS(=O)(=O)c2ccc(C)cc2)no1. The largest absolute Gasteiger partial charge is 0.462 e. The van der Waals surface area contributed by atoms with Gasteiger partial charge in [0.2, 0.25) is 5.89 Å². The van der Waals surface area contributed by atoms with Crippen LogP contribution in [-0.2, 0) is 19.6 Å². The molecular formula is C22H29N3O6S. The van der Waals surface area contributed by atoms with Gasteiger partial charge >= 0.3 is 11.9 Å². The fourth-order valence-corrected chi connectivity index (χ4v) is 4.66. The van der Waals surface area contributed by atoms with Crippen molar-refractivity contribution >= 4 is 21.9 Å². The van der Waals surface area contributed by atoms with Gasteiger partial charge in [0.15, 0.2) is 0 Å². The summed E-state index contributed by atoms with van der Waals surface area (Å²) in [7, 11) is -4.08. The van der Waals surface area contributed by atoms with Crippen LogP contribution in [0.15, 0.2) is 33.7 Å². The molecule has 0 bridgehead atoms. The second kappa shape index (κ2) is 10.7. The van der Waals surface area contributed by atoms with Crippen molar-refractivity contribution in [1.82, 2.24) is 14.9 Å². The zero-order valence-corrected chi connectivity index (χ0v) is 19.2. The van der Waals surface area contributed by atoms with Crippen LogP contribution in [-0.4, -0.2) is 36.5 Å². The topological polar surface area (TPSA) is 128 Å². The maximum absolute atomic E-state index is 12.4. The lowest BCUT2D eigenvalue weighted by atomic mass is 9.97. The van der Waals surface area contributed by atoms with E-state index in [-0.39, 0.29) is 29.3 Å². The first-order valence-electron chi connectivity index (χ1n) is 11.0. The highest BCUT2D eigenvalue weighted by atomic mass is 32.2. The number of esters is 1. The van der Waals surface area contributed by atoms with Crippen LogP contribution < -0.4 is 4.72 Å². The zero-order valence-electron chi connectivity index (χ0n) is 18.4. The van der Waals surface area contributed by atoms with Crippen LogP contribution in [0.5, 0.6) is 0 Å². The molecule has 9 nitrogen and oxygen atoms in total. The molecule has 1 N–H and O–H groups in total. The molecule has 2 aromatic rings. The summed E-state index contributed by atoms with van der Waals surface area (Å²) in [6, 6.07) is 6.07. The van der Waals surface area contributed by atoms with Gasteiger partial charge < -0.3 is 9.26 Å². The molecule has 1 aliphatic rings. The van der Waals surface area contributed by atoms with Gasteiger partial charge in [-0.05, 0) is 51.2 Å². The van der Waals surface area contributed by atoms with Crippen LogP contribution in [0.2, 0.25) is 0 Å². The first-order valence-corrected chi connectivity index (χ1v) is 12.4. The molecule has 32 heavy (non-hydrogen) atoms. The molecule has 1 aliphatic carbocycles. The Kier molecular flexibility index (Phi) is 8.00. The van der Waals surface area contributed by atoms with Crippen molar-refractivity contribution in [2.75, 3.05) is 0 Å². The highest BCUT2D eigenvalue weighted by Gasteiger charge is 2.28. The normalized spacial score (nSPS) is 15.8. The number of nitrogens with one attached hydrogen (secondary N) is 1. The third-order valence-corrected chi connectivity index (χ3v) is 6.80. The van der Waals surface area contributed by atoms with E-state index in [9.17, 15) is 18.0 Å². The minimum absolute atomic E-state index is 0.0467. The highest BCUT2D eigenvalue weighted by Crippen LogP contribution is 2.26. The summed E-state index contributed by atoms with van der Waals surface area (Å²) in [5.41, 5.74) is 0.891. The van der Waals surface area contributed by atoms with Crippen molar-refractivity contribution in [3.8, 4) is 0 Å². The molecule has 10 heteroatoms. The fourth-order valence-electron chi connectivity index (χ4n) is 3.72. The van der Waals surface area contributed by atoms with Gasteiger partial charge in [-0.15, -0.1) is 0 Å². The van der Waals surface area contributed by atoms with Crippen molar-refractivity contribution in [2.45, 2.75) is 82.1 Å². The van der Waals surface area contributed by atoms with E-state index in [2.05, 4.69) is 10.1 Å². The van der Waals surface area contributed by atoms with E-state index in [0.717, 1.165) is 37.7 Å². The third-order valence-electron chi connectivity index (χ3n) is 5.45. The van der Waals surface area contributed by atoms with E-state index >= 15 is 0 Å². The Morgan fingerprint density at radius 1 is 1.19 bits per heavy atom. The molecule has 1 heterocycles. The average Bonchev–Trinajstić information content (AvgIpc) is 3.25. The van der Waals surface area contributed by atoms with Gasteiger partial charge in [-0.3, -0.25) is 9.59 Å². The van der Waals surface area contributed by atoms with Gasteiger partial charge in [-0.25, -0.2) is 13.1 Å². The van der Waals surface area contributed by atoms with Gasteiger partial charge in [0.25, 0.3) is 15.8 Å². The predicted octanol–water partition coefficient (Wildman–Crippen LogP) is 3.65. The van der Waals surface area contributed by atoms with E-state index in [1.165, 1.54) is 18.6 Å². The third kappa shape index (κ3) is 6.38. The number of ether oxygens (including phenoxy) is 1. The van der Waals surface area contributed by atoms with Crippen molar-refractivity contribution in [3.05, 3.63) is 41.5 Å². The quantitative estimate of drug-likeness (QED) is 0.558. The molecule has 1 fully saturated rings. The number of nitrogens with zero attached hydrogens (tertiary/aromatic N) is 2. The van der Waals surface area contributed by atoms with Gasteiger partial charge in [-0.2, -0.15) is 4.98 Å². The van der Waals surface area contributed by atoms with E-state index in [1.54, 1.807) is 12.1 Å². The summed E-state index contributed by atoms with van der Waals surface area (Å²) >= 11 is 0. The number of carbonyl (C=O) groups is 2. The number of carbonyl (C=O) groups excluding carboxylic acids is 2. The summed E-state index contributed by atoms with van der Waals surface area (Å²) in [4.78, 5) is 28.8. The molecule has 1 aromatic heterocycles. The van der Waals surface area contributed by atoms with E-state index in [1.807, 2.05) is 18.6 Å². The smallest absolute Gasteiger partial charge is 0.306 e. The maximum Gasteiger partial charge on any atom is 0.306 e. The van der Waals surface area contributed by atoms with Gasteiger partial charge in [0.1, 0.15) is 6.10 Å². The van der Waals surface area contributed by atoms with Crippen LogP contribution in [0.4, 0.5) is 0 Å². The summed E-state index contributed by atoms with van der Waals surface area (Å²) in [6.45, 7) is 3.78. The van der Waals surface area contributed by atoms with Crippen LogP contribution >= 0.6 is 0 Å². The summed E-state index contributed by atoms with van der Waals surface area (Å²) < 4.78 is 37.6. The van der Waals surface area contributed by atoms with Crippen LogP contribution in [0.25, 0.3) is 0 Å². The minimum atomic E-state index is -4.08. The molecule has 0 radical (unpaired) electrons. The van der Waals surface area contributed by atoms with E-state index in [0.29, 0.717) is 6.42 Å². The molecule has 174 valence electrons. The highest BCUT2D eigenvalue weighted by molar-refractivity contribution is 7.90. The lowest BCUT2D eigenvalue weighted by molar-refractivity contribution is -0.151. The molecule has 0 saturated heterocycles. The molecule has 1 aromatic carbocycles. The number of sulfonamides is 1. The van der Waals surface area contributed by atoms with Crippen LogP contribution in [0.3, 0.4) is 0 Å². The lowest BCUT2D eigenvalue weighted by Crippen LogP contribution is -2.31. The second-order valence-electron chi connectivity index (χ2n) is 8.14. The zero-order chi connectivity index (χ0) is 23.1. The Morgan fingerprint density at radius 3 is 2.53 bits per heavy atom. The molecule has 3 rings (SSSR count). The van der Waals surface area contributed by atoms with Crippen LogP contribution in [0, 0.1) is 6.92 Å². The lowest BCUT2D eigenvalue weighted by Gasteiger charge is -2.22. The summed E-state index contributed by atoms with van der Waals surface area (Å²) in [5.74, 6) is -2.02. The fraction of sp³-hybridized carbons (Fsp3) is 0.545. The van der Waals surface area contributed by atoms with Crippen molar-refractivity contribution in [1.29, 1.82) is 0 Å². The van der Waals surface area contributed by atoms with Crippen molar-refractivity contribution in [3.63, 3.8) is 0 Å². The minimum Gasteiger partial charge on any atom is -0.462 e. The van der Waals surface area contributed by atoms with Gasteiger partial charge in [-0.1, -0.05) is 42.6 Å². The first kappa shape index (κ1) is 23.9. The number of rotatable bonds is 9. The molecule has 0 aliphatic heterocycles. The van der Waals surface area contributed by atoms with Crippen LogP contribution in [0.1, 0.15) is 86.3 Å². The average molecular weight is 464 g/mol. The summed E-state index contributed by atoms with van der Waals surface area (Å²) in [5, 5.41) is 3.62. The number of amides is 1. The number of aromatic nitrogens is 2. The number of hydrogen-bond acceptors (Lipinski definition) is 8. The predicted molar refractivity (Wildman–Crippen MR) is 115 cm³/mol. The molecule has 1 saturated carbocycles. The second-order valence-corrected chi connectivity index (χ2v) is 9.83. The molecular weight excluding hydrogens is 434 g/mol. The van der Waals surface area contributed by atoms with Gasteiger partial charge in [0.05, 0.1) is 11.3 Å². The Hall–Kier alpha value is -2.75. The number of hydrogen-bond donors (Lipinski definition) is 1. The first-order chi connectivity index (χ1) is 15.3.